The number of benzene rings is 1. The van der Waals surface area contributed by atoms with Crippen LogP contribution in [0.25, 0.3) is 0 Å². The Hall–Kier alpha value is -2.41. The van der Waals surface area contributed by atoms with Gasteiger partial charge in [-0.3, -0.25) is 10.1 Å². The summed E-state index contributed by atoms with van der Waals surface area (Å²) in [6.07, 6.45) is 2.92. The molecule has 1 fully saturated rings. The Balaban J connectivity index is 1.84. The second-order valence-electron chi connectivity index (χ2n) is 6.13. The van der Waals surface area contributed by atoms with Crippen LogP contribution in [0.3, 0.4) is 0 Å². The largest absolute Gasteiger partial charge is 0.449 e. The van der Waals surface area contributed by atoms with E-state index in [-0.39, 0.29) is 6.04 Å². The SMILES string of the molecule is COCc1cccc(C(=O)O[C@H](C)C(=O)NC(=O)NC2CCCC2)c1. The number of ether oxygens (including phenoxy) is 2. The van der Waals surface area contributed by atoms with Gasteiger partial charge in [0.05, 0.1) is 12.2 Å². The van der Waals surface area contributed by atoms with E-state index in [9.17, 15) is 14.4 Å². The fourth-order valence-electron chi connectivity index (χ4n) is 2.74. The summed E-state index contributed by atoms with van der Waals surface area (Å²) in [5.41, 5.74) is 1.15. The monoisotopic (exact) mass is 348 g/mol. The number of urea groups is 1. The van der Waals surface area contributed by atoms with E-state index >= 15 is 0 Å². The maximum absolute atomic E-state index is 12.1. The third-order valence-corrected chi connectivity index (χ3v) is 4.05. The van der Waals surface area contributed by atoms with E-state index in [4.69, 9.17) is 9.47 Å². The average Bonchev–Trinajstić information content (AvgIpc) is 3.08. The maximum atomic E-state index is 12.1. The molecule has 136 valence electrons. The predicted octanol–water partition coefficient (Wildman–Crippen LogP) is 2.15. The number of nitrogens with one attached hydrogen (secondary N) is 2. The summed E-state index contributed by atoms with van der Waals surface area (Å²) in [7, 11) is 1.56. The van der Waals surface area contributed by atoms with E-state index in [1.165, 1.54) is 6.92 Å². The molecule has 7 nitrogen and oxygen atoms in total. The Labute approximate surface area is 147 Å². The van der Waals surface area contributed by atoms with Gasteiger partial charge in [-0.2, -0.15) is 0 Å². The molecule has 1 aliphatic rings. The summed E-state index contributed by atoms with van der Waals surface area (Å²) in [5.74, 6) is -1.28. The number of hydrogen-bond acceptors (Lipinski definition) is 5. The van der Waals surface area contributed by atoms with Crippen LogP contribution >= 0.6 is 0 Å². The zero-order valence-electron chi connectivity index (χ0n) is 14.5. The summed E-state index contributed by atoms with van der Waals surface area (Å²) in [4.78, 5) is 35.9. The van der Waals surface area contributed by atoms with Crippen molar-refractivity contribution >= 4 is 17.9 Å². The summed E-state index contributed by atoms with van der Waals surface area (Å²) in [6.45, 7) is 1.80. The van der Waals surface area contributed by atoms with Crippen LogP contribution < -0.4 is 10.6 Å². The minimum atomic E-state index is -1.08. The first-order valence-corrected chi connectivity index (χ1v) is 8.40. The number of esters is 1. The highest BCUT2D eigenvalue weighted by Crippen LogP contribution is 2.17. The maximum Gasteiger partial charge on any atom is 0.338 e. The van der Waals surface area contributed by atoms with E-state index in [0.29, 0.717) is 12.2 Å². The second-order valence-corrected chi connectivity index (χ2v) is 6.13. The smallest absolute Gasteiger partial charge is 0.338 e. The number of carbonyl (C=O) groups is 3. The van der Waals surface area contributed by atoms with Crippen LogP contribution in [0.5, 0.6) is 0 Å². The van der Waals surface area contributed by atoms with Crippen molar-refractivity contribution in [1.29, 1.82) is 0 Å². The van der Waals surface area contributed by atoms with Gasteiger partial charge in [0.25, 0.3) is 5.91 Å². The zero-order valence-corrected chi connectivity index (χ0v) is 14.5. The quantitative estimate of drug-likeness (QED) is 0.768. The second kappa shape index (κ2) is 9.17. The molecular weight excluding hydrogens is 324 g/mol. The first kappa shape index (κ1) is 18.9. The lowest BCUT2D eigenvalue weighted by molar-refractivity contribution is -0.127. The van der Waals surface area contributed by atoms with Crippen molar-refractivity contribution < 1.29 is 23.9 Å². The highest BCUT2D eigenvalue weighted by molar-refractivity contribution is 5.98. The Morgan fingerprint density at radius 3 is 2.64 bits per heavy atom. The summed E-state index contributed by atoms with van der Waals surface area (Å²) in [5, 5.41) is 4.95. The van der Waals surface area contributed by atoms with Crippen LogP contribution in [0.4, 0.5) is 4.79 Å². The van der Waals surface area contributed by atoms with Crippen LogP contribution in [0, 0.1) is 0 Å². The van der Waals surface area contributed by atoms with Crippen LogP contribution in [0.15, 0.2) is 24.3 Å². The fourth-order valence-corrected chi connectivity index (χ4v) is 2.74. The summed E-state index contributed by atoms with van der Waals surface area (Å²) in [6, 6.07) is 6.33. The van der Waals surface area contributed by atoms with E-state index in [1.807, 2.05) is 6.07 Å². The highest BCUT2D eigenvalue weighted by Gasteiger charge is 2.23. The van der Waals surface area contributed by atoms with Gasteiger partial charge in [-0.1, -0.05) is 25.0 Å². The molecule has 0 heterocycles. The molecule has 0 unspecified atom stereocenters. The van der Waals surface area contributed by atoms with Crippen molar-refractivity contribution in [1.82, 2.24) is 10.6 Å². The van der Waals surface area contributed by atoms with Gasteiger partial charge in [0.1, 0.15) is 0 Å². The molecule has 3 amide bonds. The van der Waals surface area contributed by atoms with Gasteiger partial charge >= 0.3 is 12.0 Å². The summed E-state index contributed by atoms with van der Waals surface area (Å²) >= 11 is 0. The van der Waals surface area contributed by atoms with E-state index < -0.39 is 24.0 Å². The number of hydrogen-bond donors (Lipinski definition) is 2. The summed E-state index contributed by atoms with van der Waals surface area (Å²) < 4.78 is 10.1. The zero-order chi connectivity index (χ0) is 18.2. The van der Waals surface area contributed by atoms with Crippen LogP contribution in [0.1, 0.15) is 48.5 Å². The topological polar surface area (TPSA) is 93.7 Å². The lowest BCUT2D eigenvalue weighted by Crippen LogP contribution is -2.47. The number of amides is 3. The van der Waals surface area contributed by atoms with Crippen molar-refractivity contribution in [2.24, 2.45) is 0 Å². The van der Waals surface area contributed by atoms with E-state index in [2.05, 4.69) is 10.6 Å². The molecule has 2 N–H and O–H groups in total. The number of carbonyl (C=O) groups excluding carboxylic acids is 3. The molecule has 0 saturated heterocycles. The molecule has 1 saturated carbocycles. The van der Waals surface area contributed by atoms with Gasteiger partial charge in [-0.05, 0) is 37.5 Å². The molecular formula is C18H24N2O5. The van der Waals surface area contributed by atoms with Crippen LogP contribution in [-0.4, -0.2) is 37.2 Å². The minimum absolute atomic E-state index is 0.106. The molecule has 1 aromatic rings. The molecule has 0 bridgehead atoms. The van der Waals surface area contributed by atoms with Crippen molar-refractivity contribution in [3.05, 3.63) is 35.4 Å². The Morgan fingerprint density at radius 1 is 1.24 bits per heavy atom. The molecule has 2 rings (SSSR count). The van der Waals surface area contributed by atoms with Crippen LogP contribution in [-0.2, 0) is 20.9 Å². The van der Waals surface area contributed by atoms with Gasteiger partial charge in [-0.15, -0.1) is 0 Å². The molecule has 0 spiro atoms. The lowest BCUT2D eigenvalue weighted by Gasteiger charge is -2.15. The first-order valence-electron chi connectivity index (χ1n) is 8.40. The lowest BCUT2D eigenvalue weighted by atomic mass is 10.1. The van der Waals surface area contributed by atoms with Crippen LogP contribution in [0.2, 0.25) is 0 Å². The first-order chi connectivity index (χ1) is 12.0. The minimum Gasteiger partial charge on any atom is -0.449 e. The normalized spacial score (nSPS) is 15.4. The molecule has 0 radical (unpaired) electrons. The third kappa shape index (κ3) is 5.86. The number of rotatable bonds is 6. The highest BCUT2D eigenvalue weighted by atomic mass is 16.5. The molecule has 1 atom stereocenters. The predicted molar refractivity (Wildman–Crippen MR) is 91.0 cm³/mol. The van der Waals surface area contributed by atoms with Gasteiger partial charge in [0, 0.05) is 13.2 Å². The van der Waals surface area contributed by atoms with Gasteiger partial charge in [-0.25, -0.2) is 9.59 Å². The van der Waals surface area contributed by atoms with Gasteiger partial charge in [0.2, 0.25) is 0 Å². The Kier molecular flexibility index (Phi) is 6.94. The van der Waals surface area contributed by atoms with Gasteiger partial charge in [0.15, 0.2) is 6.10 Å². The van der Waals surface area contributed by atoms with E-state index in [1.54, 1.807) is 25.3 Å². The van der Waals surface area contributed by atoms with Crippen molar-refractivity contribution in [3.63, 3.8) is 0 Å². The van der Waals surface area contributed by atoms with Crippen molar-refractivity contribution in [2.75, 3.05) is 7.11 Å². The average molecular weight is 348 g/mol. The standard InChI is InChI=1S/C18H24N2O5/c1-12(16(21)20-18(23)19-15-8-3-4-9-15)25-17(22)14-7-5-6-13(10-14)11-24-2/h5-7,10,12,15H,3-4,8-9,11H2,1-2H3,(H2,19,20,21,23)/t12-/m1/s1. The molecule has 1 aromatic carbocycles. The Morgan fingerprint density at radius 2 is 1.96 bits per heavy atom. The molecule has 25 heavy (non-hydrogen) atoms. The number of methoxy groups -OCH3 is 1. The molecule has 1 aliphatic carbocycles. The van der Waals surface area contributed by atoms with Crippen molar-refractivity contribution in [2.45, 2.75) is 51.4 Å². The van der Waals surface area contributed by atoms with Gasteiger partial charge < -0.3 is 14.8 Å². The molecule has 0 aliphatic heterocycles. The molecule has 0 aromatic heterocycles. The third-order valence-electron chi connectivity index (χ3n) is 4.05. The fraction of sp³-hybridized carbons (Fsp3) is 0.500. The van der Waals surface area contributed by atoms with Crippen molar-refractivity contribution in [3.8, 4) is 0 Å². The Bertz CT molecular complexity index is 626. The van der Waals surface area contributed by atoms with E-state index in [0.717, 1.165) is 31.2 Å². The number of imide groups is 1. The molecule has 7 heteroatoms.